The molecule has 1 N–H and O–H groups in total. The van der Waals surface area contributed by atoms with Gasteiger partial charge in [0.1, 0.15) is 6.33 Å². The predicted octanol–water partition coefficient (Wildman–Crippen LogP) is 0.441. The van der Waals surface area contributed by atoms with Crippen molar-refractivity contribution in [1.82, 2.24) is 30.6 Å². The van der Waals surface area contributed by atoms with Gasteiger partial charge in [-0.3, -0.25) is 0 Å². The highest BCUT2D eigenvalue weighted by Gasteiger charge is 2.08. The summed E-state index contributed by atoms with van der Waals surface area (Å²) in [7, 11) is 0. The summed E-state index contributed by atoms with van der Waals surface area (Å²) in [6, 6.07) is 0. The number of hydrogen-bond donors (Lipinski definition) is 1. The third-order valence-electron chi connectivity index (χ3n) is 1.75. The molecule has 6 heteroatoms. The van der Waals surface area contributed by atoms with Gasteiger partial charge in [0.05, 0.1) is 0 Å². The fraction of sp³-hybridized carbons (Fsp3) is 0.125. The lowest BCUT2D eigenvalue weighted by Gasteiger charge is -1.99. The average molecular weight is 188 g/mol. The maximum atomic E-state index is 3.93. The van der Waals surface area contributed by atoms with Crippen molar-refractivity contribution in [2.24, 2.45) is 0 Å². The zero-order chi connectivity index (χ0) is 9.80. The van der Waals surface area contributed by atoms with Crippen molar-refractivity contribution >= 4 is 5.57 Å². The fourth-order valence-corrected chi connectivity index (χ4v) is 1.14. The molecule has 0 spiro atoms. The van der Waals surface area contributed by atoms with Gasteiger partial charge in [0, 0.05) is 23.5 Å². The first-order valence-electron chi connectivity index (χ1n) is 4.07. The van der Waals surface area contributed by atoms with Crippen LogP contribution in [0.1, 0.15) is 18.3 Å². The highest BCUT2D eigenvalue weighted by molar-refractivity contribution is 5.74. The molecule has 0 aromatic carbocycles. The van der Waals surface area contributed by atoms with Crippen LogP contribution in [0.3, 0.4) is 0 Å². The third-order valence-corrected chi connectivity index (χ3v) is 1.75. The van der Waals surface area contributed by atoms with Crippen LogP contribution in [0, 0.1) is 0 Å². The minimum absolute atomic E-state index is 0.544. The van der Waals surface area contributed by atoms with Gasteiger partial charge in [-0.25, -0.2) is 9.97 Å². The summed E-state index contributed by atoms with van der Waals surface area (Å²) >= 11 is 0. The molecule has 0 aliphatic carbocycles. The quantitative estimate of drug-likeness (QED) is 0.739. The van der Waals surface area contributed by atoms with Gasteiger partial charge in [-0.05, 0) is 12.1 Å². The number of allylic oxidation sites excluding steroid dienone is 1. The minimum atomic E-state index is 0.544. The molecule has 2 heterocycles. The molecule has 0 unspecified atom stereocenters. The Hall–Kier alpha value is -2.11. The second kappa shape index (κ2) is 3.73. The lowest BCUT2D eigenvalue weighted by Crippen LogP contribution is -1.92. The van der Waals surface area contributed by atoms with Crippen molar-refractivity contribution in [3.05, 3.63) is 36.2 Å². The molecule has 6 nitrogen and oxygen atoms in total. The number of aromatic amines is 1. The monoisotopic (exact) mass is 188 g/mol. The van der Waals surface area contributed by atoms with Gasteiger partial charge in [0.25, 0.3) is 0 Å². The fourth-order valence-electron chi connectivity index (χ4n) is 1.14. The van der Waals surface area contributed by atoms with Crippen molar-refractivity contribution in [3.8, 4) is 0 Å². The van der Waals surface area contributed by atoms with E-state index in [4.69, 9.17) is 0 Å². The van der Waals surface area contributed by atoms with Gasteiger partial charge in [-0.2, -0.15) is 5.21 Å². The lowest BCUT2D eigenvalue weighted by molar-refractivity contribution is 0.881. The SMILES string of the molecule is C/C=C(/c1cncnc1)c1nn[nH]n1. The van der Waals surface area contributed by atoms with Crippen molar-refractivity contribution in [3.63, 3.8) is 0 Å². The smallest absolute Gasteiger partial charge is 0.205 e. The van der Waals surface area contributed by atoms with E-state index in [0.717, 1.165) is 11.1 Å². The maximum Gasteiger partial charge on any atom is 0.205 e. The van der Waals surface area contributed by atoms with Crippen LogP contribution in [0.15, 0.2) is 24.8 Å². The Balaban J connectivity index is 2.43. The molecule has 0 radical (unpaired) electrons. The van der Waals surface area contributed by atoms with E-state index in [1.54, 1.807) is 12.4 Å². The van der Waals surface area contributed by atoms with Crippen LogP contribution in [0.2, 0.25) is 0 Å². The highest BCUT2D eigenvalue weighted by Crippen LogP contribution is 2.16. The van der Waals surface area contributed by atoms with Crippen molar-refractivity contribution in [2.75, 3.05) is 0 Å². The summed E-state index contributed by atoms with van der Waals surface area (Å²) in [5, 5.41) is 13.7. The molecule has 2 aromatic heterocycles. The summed E-state index contributed by atoms with van der Waals surface area (Å²) in [4.78, 5) is 7.85. The highest BCUT2D eigenvalue weighted by atomic mass is 15.5. The molecule has 0 fully saturated rings. The minimum Gasteiger partial charge on any atom is -0.244 e. The van der Waals surface area contributed by atoms with Crippen molar-refractivity contribution in [2.45, 2.75) is 6.92 Å². The molecule has 2 aromatic rings. The summed E-state index contributed by atoms with van der Waals surface area (Å²) in [5.74, 6) is 0.544. The van der Waals surface area contributed by atoms with Crippen LogP contribution in [0.25, 0.3) is 5.57 Å². The first-order chi connectivity index (χ1) is 6.92. The van der Waals surface area contributed by atoms with E-state index in [0.29, 0.717) is 5.82 Å². The van der Waals surface area contributed by atoms with Crippen LogP contribution in [0.4, 0.5) is 0 Å². The molecule has 0 saturated carbocycles. The Kier molecular flexibility index (Phi) is 2.26. The summed E-state index contributed by atoms with van der Waals surface area (Å²) in [6.45, 7) is 1.90. The van der Waals surface area contributed by atoms with Gasteiger partial charge in [-0.15, -0.1) is 10.2 Å². The number of rotatable bonds is 2. The Labute approximate surface area is 80.1 Å². The number of tetrazole rings is 1. The van der Waals surface area contributed by atoms with E-state index >= 15 is 0 Å². The normalized spacial score (nSPS) is 11.6. The third kappa shape index (κ3) is 1.49. The first kappa shape index (κ1) is 8.49. The van der Waals surface area contributed by atoms with Crippen LogP contribution in [-0.2, 0) is 0 Å². The second-order valence-corrected chi connectivity index (χ2v) is 2.56. The largest absolute Gasteiger partial charge is 0.244 e. The molecule has 0 amide bonds. The summed E-state index contributed by atoms with van der Waals surface area (Å²) in [5.41, 5.74) is 1.73. The predicted molar refractivity (Wildman–Crippen MR) is 49.0 cm³/mol. The molecule has 0 saturated heterocycles. The molecule has 0 atom stereocenters. The van der Waals surface area contributed by atoms with E-state index in [9.17, 15) is 0 Å². The number of nitrogens with zero attached hydrogens (tertiary/aromatic N) is 5. The van der Waals surface area contributed by atoms with Gasteiger partial charge in [0.2, 0.25) is 5.82 Å². The molecule has 0 aliphatic rings. The van der Waals surface area contributed by atoms with Crippen LogP contribution >= 0.6 is 0 Å². The number of H-pyrrole nitrogens is 1. The number of nitrogens with one attached hydrogen (secondary N) is 1. The molecule has 0 bridgehead atoms. The first-order valence-corrected chi connectivity index (χ1v) is 4.07. The molecule has 2 rings (SSSR count). The van der Waals surface area contributed by atoms with E-state index in [2.05, 4.69) is 30.6 Å². The zero-order valence-corrected chi connectivity index (χ0v) is 7.55. The summed E-state index contributed by atoms with van der Waals surface area (Å²) < 4.78 is 0. The van der Waals surface area contributed by atoms with Gasteiger partial charge >= 0.3 is 0 Å². The molecular formula is C8H8N6. The molecule has 70 valence electrons. The Morgan fingerprint density at radius 1 is 1.36 bits per heavy atom. The van der Waals surface area contributed by atoms with E-state index < -0.39 is 0 Å². The zero-order valence-electron chi connectivity index (χ0n) is 7.55. The molecule has 0 aliphatic heterocycles. The number of hydrogen-bond acceptors (Lipinski definition) is 5. The van der Waals surface area contributed by atoms with Gasteiger partial charge < -0.3 is 0 Å². The van der Waals surface area contributed by atoms with Crippen LogP contribution in [-0.4, -0.2) is 30.6 Å². The summed E-state index contributed by atoms with van der Waals surface area (Å²) in [6.07, 6.45) is 6.79. The Morgan fingerprint density at radius 3 is 2.71 bits per heavy atom. The van der Waals surface area contributed by atoms with Gasteiger partial charge in [0.15, 0.2) is 0 Å². The average Bonchev–Trinajstić information content (AvgIpc) is 2.74. The lowest BCUT2D eigenvalue weighted by atomic mass is 10.1. The Bertz CT molecular complexity index is 418. The van der Waals surface area contributed by atoms with Crippen LogP contribution in [0.5, 0.6) is 0 Å². The topological polar surface area (TPSA) is 80.2 Å². The van der Waals surface area contributed by atoms with E-state index in [1.165, 1.54) is 6.33 Å². The second-order valence-electron chi connectivity index (χ2n) is 2.56. The molecular weight excluding hydrogens is 180 g/mol. The van der Waals surface area contributed by atoms with Crippen molar-refractivity contribution in [1.29, 1.82) is 0 Å². The number of aromatic nitrogens is 6. The van der Waals surface area contributed by atoms with E-state index in [1.807, 2.05) is 13.0 Å². The van der Waals surface area contributed by atoms with Crippen molar-refractivity contribution < 1.29 is 0 Å². The molecule has 14 heavy (non-hydrogen) atoms. The van der Waals surface area contributed by atoms with E-state index in [-0.39, 0.29) is 0 Å². The van der Waals surface area contributed by atoms with Gasteiger partial charge in [-0.1, -0.05) is 6.08 Å². The Morgan fingerprint density at radius 2 is 2.14 bits per heavy atom. The standard InChI is InChI=1S/C8H8N6/c1-2-7(8-11-13-14-12-8)6-3-9-5-10-4-6/h2-5H,1H3,(H,11,12,13,14)/b7-2-. The maximum absolute atomic E-state index is 3.93. The van der Waals surface area contributed by atoms with Crippen LogP contribution < -0.4 is 0 Å².